The van der Waals surface area contributed by atoms with Gasteiger partial charge in [0, 0.05) is 12.2 Å². The Morgan fingerprint density at radius 2 is 2.33 bits per heavy atom. The fourth-order valence-corrected chi connectivity index (χ4v) is 2.49. The topological polar surface area (TPSA) is 56.2 Å². The fraction of sp³-hybridized carbons (Fsp3) is 0.692. The molecule has 2 heterocycles. The fourth-order valence-electron chi connectivity index (χ4n) is 2.49. The van der Waals surface area contributed by atoms with Crippen LogP contribution >= 0.6 is 0 Å². The van der Waals surface area contributed by atoms with E-state index in [2.05, 4.69) is 35.0 Å². The molecule has 2 rings (SSSR count). The molecule has 1 aliphatic heterocycles. The summed E-state index contributed by atoms with van der Waals surface area (Å²) in [6, 6.07) is 2.15. The van der Waals surface area contributed by atoms with Gasteiger partial charge in [0.2, 0.25) is 0 Å². The van der Waals surface area contributed by atoms with Crippen LogP contribution in [-0.2, 0) is 9.53 Å². The van der Waals surface area contributed by atoms with E-state index < -0.39 is 0 Å². The van der Waals surface area contributed by atoms with Gasteiger partial charge in [-0.1, -0.05) is 13.8 Å². The normalized spacial score (nSPS) is 23.6. The highest BCUT2D eigenvalue weighted by Crippen LogP contribution is 2.25. The smallest absolute Gasteiger partial charge is 0.322 e. The number of esters is 1. The number of ether oxygens (including phenoxy) is 1. The van der Waals surface area contributed by atoms with Crippen molar-refractivity contribution in [2.24, 2.45) is 0 Å². The Labute approximate surface area is 108 Å². The summed E-state index contributed by atoms with van der Waals surface area (Å²) < 4.78 is 6.84. The van der Waals surface area contributed by atoms with Crippen LogP contribution in [0.25, 0.3) is 0 Å². The third-order valence-electron chi connectivity index (χ3n) is 3.42. The molecule has 2 unspecified atom stereocenters. The number of hydrogen-bond acceptors (Lipinski definition) is 4. The van der Waals surface area contributed by atoms with Crippen molar-refractivity contribution in [1.29, 1.82) is 0 Å². The predicted molar refractivity (Wildman–Crippen MR) is 68.5 cm³/mol. The van der Waals surface area contributed by atoms with E-state index in [0.29, 0.717) is 5.92 Å². The van der Waals surface area contributed by atoms with E-state index in [4.69, 9.17) is 4.74 Å². The van der Waals surface area contributed by atoms with Gasteiger partial charge in [0.25, 0.3) is 0 Å². The third-order valence-corrected chi connectivity index (χ3v) is 3.42. The predicted octanol–water partition coefficient (Wildman–Crippen LogP) is 1.39. The molecule has 5 nitrogen and oxygen atoms in total. The lowest BCUT2D eigenvalue weighted by Gasteiger charge is -2.15. The zero-order chi connectivity index (χ0) is 13.3. The van der Waals surface area contributed by atoms with Crippen LogP contribution < -0.4 is 5.32 Å². The summed E-state index contributed by atoms with van der Waals surface area (Å²) in [5.41, 5.74) is 2.25. The molecule has 5 heteroatoms. The van der Waals surface area contributed by atoms with Crippen LogP contribution in [0.15, 0.2) is 6.07 Å². The zero-order valence-corrected chi connectivity index (χ0v) is 11.4. The van der Waals surface area contributed by atoms with Crippen LogP contribution in [0.2, 0.25) is 0 Å². The maximum atomic E-state index is 11.5. The average molecular weight is 251 g/mol. The first-order chi connectivity index (χ1) is 8.52. The Kier molecular flexibility index (Phi) is 3.71. The van der Waals surface area contributed by atoms with Gasteiger partial charge in [-0.25, -0.2) is 0 Å². The highest BCUT2D eigenvalue weighted by Gasteiger charge is 2.32. The van der Waals surface area contributed by atoms with E-state index in [1.165, 1.54) is 12.8 Å². The molecule has 0 aliphatic carbocycles. The van der Waals surface area contributed by atoms with Gasteiger partial charge in [0.15, 0.2) is 0 Å². The number of aromatic nitrogens is 2. The Morgan fingerprint density at radius 1 is 1.61 bits per heavy atom. The SMILES string of the molecule is COC(=O)C1CC(n2nc(C)cc2C(C)C)CN1. The van der Waals surface area contributed by atoms with Crippen molar-refractivity contribution in [2.75, 3.05) is 13.7 Å². The number of rotatable bonds is 3. The molecule has 1 fully saturated rings. The lowest BCUT2D eigenvalue weighted by atomic mass is 10.1. The second-order valence-electron chi connectivity index (χ2n) is 5.18. The van der Waals surface area contributed by atoms with Gasteiger partial charge in [-0.2, -0.15) is 5.10 Å². The zero-order valence-electron chi connectivity index (χ0n) is 11.4. The van der Waals surface area contributed by atoms with E-state index in [9.17, 15) is 4.79 Å². The van der Waals surface area contributed by atoms with Crippen molar-refractivity contribution in [2.45, 2.75) is 45.2 Å². The lowest BCUT2D eigenvalue weighted by molar-refractivity contribution is -0.142. The number of hydrogen-bond donors (Lipinski definition) is 1. The van der Waals surface area contributed by atoms with Crippen LogP contribution in [0, 0.1) is 6.92 Å². The summed E-state index contributed by atoms with van der Waals surface area (Å²) in [6.07, 6.45) is 0.744. The molecule has 0 aromatic carbocycles. The monoisotopic (exact) mass is 251 g/mol. The van der Waals surface area contributed by atoms with Gasteiger partial charge < -0.3 is 10.1 Å². The number of nitrogens with zero attached hydrogens (tertiary/aromatic N) is 2. The van der Waals surface area contributed by atoms with Crippen molar-refractivity contribution in [3.63, 3.8) is 0 Å². The van der Waals surface area contributed by atoms with Gasteiger partial charge in [0.1, 0.15) is 6.04 Å². The summed E-state index contributed by atoms with van der Waals surface area (Å²) in [6.45, 7) is 7.09. The van der Waals surface area contributed by atoms with E-state index >= 15 is 0 Å². The number of aryl methyl sites for hydroxylation is 1. The van der Waals surface area contributed by atoms with Gasteiger partial charge in [-0.15, -0.1) is 0 Å². The minimum Gasteiger partial charge on any atom is -0.468 e. The van der Waals surface area contributed by atoms with Gasteiger partial charge in [0.05, 0.1) is 18.8 Å². The van der Waals surface area contributed by atoms with Crippen molar-refractivity contribution >= 4 is 5.97 Å². The summed E-state index contributed by atoms with van der Waals surface area (Å²) in [5, 5.41) is 7.75. The Bertz CT molecular complexity index is 439. The van der Waals surface area contributed by atoms with Crippen LogP contribution in [0.1, 0.15) is 43.6 Å². The maximum absolute atomic E-state index is 11.5. The molecule has 0 saturated carbocycles. The second kappa shape index (κ2) is 5.10. The number of nitrogens with one attached hydrogen (secondary N) is 1. The molecule has 0 radical (unpaired) electrons. The first-order valence-electron chi connectivity index (χ1n) is 6.40. The molecule has 1 aliphatic rings. The summed E-state index contributed by atoms with van der Waals surface area (Å²) in [5.74, 6) is 0.246. The molecule has 1 saturated heterocycles. The van der Waals surface area contributed by atoms with E-state index in [1.54, 1.807) is 0 Å². The van der Waals surface area contributed by atoms with E-state index in [1.807, 2.05) is 6.92 Å². The second-order valence-corrected chi connectivity index (χ2v) is 5.18. The lowest BCUT2D eigenvalue weighted by Crippen LogP contribution is -2.31. The van der Waals surface area contributed by atoms with Gasteiger partial charge in [-0.05, 0) is 25.3 Å². The standard InChI is InChI=1S/C13H21N3O2/c1-8(2)12-5-9(3)15-16(12)10-6-11(14-7-10)13(17)18-4/h5,8,10-11,14H,6-7H2,1-4H3. The van der Waals surface area contributed by atoms with Crippen LogP contribution in [0.4, 0.5) is 0 Å². The summed E-state index contributed by atoms with van der Waals surface area (Å²) >= 11 is 0. The number of methoxy groups -OCH3 is 1. The molecular formula is C13H21N3O2. The Morgan fingerprint density at radius 3 is 2.94 bits per heavy atom. The van der Waals surface area contributed by atoms with Crippen LogP contribution in [0.5, 0.6) is 0 Å². The molecule has 0 spiro atoms. The molecule has 1 aromatic heterocycles. The van der Waals surface area contributed by atoms with Crippen molar-refractivity contribution < 1.29 is 9.53 Å². The molecule has 0 amide bonds. The molecule has 2 atom stereocenters. The van der Waals surface area contributed by atoms with Crippen molar-refractivity contribution in [3.05, 3.63) is 17.5 Å². The molecular weight excluding hydrogens is 230 g/mol. The quantitative estimate of drug-likeness (QED) is 0.825. The van der Waals surface area contributed by atoms with Crippen molar-refractivity contribution in [3.8, 4) is 0 Å². The van der Waals surface area contributed by atoms with Crippen LogP contribution in [-0.4, -0.2) is 35.4 Å². The molecule has 1 aromatic rings. The first kappa shape index (κ1) is 13.1. The first-order valence-corrected chi connectivity index (χ1v) is 6.40. The summed E-state index contributed by atoms with van der Waals surface area (Å²) in [7, 11) is 1.43. The number of carbonyl (C=O) groups is 1. The third kappa shape index (κ3) is 2.41. The molecule has 1 N–H and O–H groups in total. The highest BCUT2D eigenvalue weighted by molar-refractivity contribution is 5.76. The maximum Gasteiger partial charge on any atom is 0.322 e. The average Bonchev–Trinajstić information content (AvgIpc) is 2.93. The number of carbonyl (C=O) groups excluding carboxylic acids is 1. The largest absolute Gasteiger partial charge is 0.468 e. The van der Waals surface area contributed by atoms with Crippen LogP contribution in [0.3, 0.4) is 0 Å². The van der Waals surface area contributed by atoms with Crippen molar-refractivity contribution in [1.82, 2.24) is 15.1 Å². The minimum atomic E-state index is -0.204. The van der Waals surface area contributed by atoms with E-state index in [-0.39, 0.29) is 18.1 Å². The molecule has 18 heavy (non-hydrogen) atoms. The summed E-state index contributed by atoms with van der Waals surface area (Å²) in [4.78, 5) is 11.5. The Hall–Kier alpha value is -1.36. The molecule has 0 bridgehead atoms. The highest BCUT2D eigenvalue weighted by atomic mass is 16.5. The van der Waals surface area contributed by atoms with E-state index in [0.717, 1.165) is 18.7 Å². The Balaban J connectivity index is 2.16. The van der Waals surface area contributed by atoms with Gasteiger partial charge >= 0.3 is 5.97 Å². The molecule has 100 valence electrons. The van der Waals surface area contributed by atoms with Gasteiger partial charge in [-0.3, -0.25) is 9.48 Å². The minimum absolute atomic E-state index is 0.188.